The fourth-order valence-corrected chi connectivity index (χ4v) is 3.36. The lowest BCUT2D eigenvalue weighted by Gasteiger charge is -2.45. The first-order valence-corrected chi connectivity index (χ1v) is 7.57. The Morgan fingerprint density at radius 3 is 2.86 bits per heavy atom. The van der Waals surface area contributed by atoms with Crippen LogP contribution in [0.15, 0.2) is 12.4 Å². The van der Waals surface area contributed by atoms with Gasteiger partial charge in [-0.2, -0.15) is 0 Å². The van der Waals surface area contributed by atoms with E-state index >= 15 is 0 Å². The number of imidazole rings is 1. The SMILES string of the molecule is COC1CCOC2(CCN(C(=O)c3nccn3C)CC2)C1. The second kappa shape index (κ2) is 5.77. The number of hydrogen-bond donors (Lipinski definition) is 0. The minimum atomic E-state index is -0.0999. The standard InChI is InChI=1S/C15H23N3O3/c1-17-9-6-16-13(17)14(19)18-7-4-15(5-8-18)11-12(20-2)3-10-21-15/h6,9,12H,3-5,7-8,10-11H2,1-2H3. The van der Waals surface area contributed by atoms with Crippen LogP contribution in [0.2, 0.25) is 0 Å². The Morgan fingerprint density at radius 1 is 1.48 bits per heavy atom. The first kappa shape index (κ1) is 14.5. The number of hydrogen-bond acceptors (Lipinski definition) is 4. The van der Waals surface area contributed by atoms with Crippen LogP contribution in [0.25, 0.3) is 0 Å². The lowest BCUT2D eigenvalue weighted by molar-refractivity contribution is -0.146. The highest BCUT2D eigenvalue weighted by Gasteiger charge is 2.41. The van der Waals surface area contributed by atoms with Gasteiger partial charge < -0.3 is 18.9 Å². The highest BCUT2D eigenvalue weighted by Crippen LogP contribution is 2.36. The zero-order valence-electron chi connectivity index (χ0n) is 12.7. The van der Waals surface area contributed by atoms with Crippen LogP contribution in [0.3, 0.4) is 0 Å². The third-order valence-corrected chi connectivity index (χ3v) is 4.76. The van der Waals surface area contributed by atoms with Crippen LogP contribution in [-0.2, 0) is 16.5 Å². The van der Waals surface area contributed by atoms with Crippen molar-refractivity contribution >= 4 is 5.91 Å². The van der Waals surface area contributed by atoms with E-state index in [-0.39, 0.29) is 17.6 Å². The van der Waals surface area contributed by atoms with Gasteiger partial charge in [0.2, 0.25) is 0 Å². The summed E-state index contributed by atoms with van der Waals surface area (Å²) in [7, 11) is 3.61. The number of ether oxygens (including phenoxy) is 2. The first-order valence-electron chi connectivity index (χ1n) is 7.57. The largest absolute Gasteiger partial charge is 0.381 e. The molecule has 2 aliphatic rings. The summed E-state index contributed by atoms with van der Waals surface area (Å²) >= 11 is 0. The van der Waals surface area contributed by atoms with Crippen molar-refractivity contribution in [1.82, 2.24) is 14.5 Å². The smallest absolute Gasteiger partial charge is 0.289 e. The van der Waals surface area contributed by atoms with E-state index in [2.05, 4.69) is 4.98 Å². The van der Waals surface area contributed by atoms with Crippen LogP contribution in [0.1, 0.15) is 36.3 Å². The molecule has 0 aliphatic carbocycles. The Morgan fingerprint density at radius 2 is 2.24 bits per heavy atom. The normalized spacial score (nSPS) is 25.2. The molecule has 1 spiro atoms. The lowest BCUT2D eigenvalue weighted by atomic mass is 9.83. The summed E-state index contributed by atoms with van der Waals surface area (Å²) in [5.41, 5.74) is -0.0999. The second-order valence-corrected chi connectivity index (χ2v) is 6.04. The average molecular weight is 293 g/mol. The molecular weight excluding hydrogens is 270 g/mol. The van der Waals surface area contributed by atoms with Crippen LogP contribution in [0, 0.1) is 0 Å². The number of methoxy groups -OCH3 is 1. The number of nitrogens with zero attached hydrogens (tertiary/aromatic N) is 3. The Hall–Kier alpha value is -1.40. The van der Waals surface area contributed by atoms with Crippen molar-refractivity contribution in [3.8, 4) is 0 Å². The quantitative estimate of drug-likeness (QED) is 0.823. The zero-order valence-corrected chi connectivity index (χ0v) is 12.7. The van der Waals surface area contributed by atoms with Crippen LogP contribution in [-0.4, -0.2) is 58.9 Å². The predicted molar refractivity (Wildman–Crippen MR) is 77.1 cm³/mol. The average Bonchev–Trinajstić information content (AvgIpc) is 2.93. The van der Waals surface area contributed by atoms with E-state index in [9.17, 15) is 4.79 Å². The van der Waals surface area contributed by atoms with Gasteiger partial charge in [-0.1, -0.05) is 0 Å². The molecule has 0 saturated carbocycles. The summed E-state index contributed by atoms with van der Waals surface area (Å²) in [6, 6.07) is 0. The molecule has 21 heavy (non-hydrogen) atoms. The van der Waals surface area contributed by atoms with Gasteiger partial charge in [0.15, 0.2) is 5.82 Å². The number of piperidine rings is 1. The van der Waals surface area contributed by atoms with Crippen LogP contribution in [0.5, 0.6) is 0 Å². The molecule has 6 heteroatoms. The maximum absolute atomic E-state index is 12.5. The van der Waals surface area contributed by atoms with E-state index in [4.69, 9.17) is 9.47 Å². The first-order chi connectivity index (χ1) is 10.1. The molecule has 0 radical (unpaired) electrons. The second-order valence-electron chi connectivity index (χ2n) is 6.04. The van der Waals surface area contributed by atoms with Crippen molar-refractivity contribution in [2.45, 2.75) is 37.4 Å². The Kier molecular flexibility index (Phi) is 3.99. The summed E-state index contributed by atoms with van der Waals surface area (Å²) in [5, 5.41) is 0. The Bertz CT molecular complexity index is 506. The number of carbonyl (C=O) groups excluding carboxylic acids is 1. The van der Waals surface area contributed by atoms with Crippen molar-refractivity contribution < 1.29 is 14.3 Å². The summed E-state index contributed by atoms with van der Waals surface area (Å²) in [4.78, 5) is 18.5. The van der Waals surface area contributed by atoms with E-state index in [1.807, 2.05) is 11.9 Å². The molecule has 0 aromatic carbocycles. The summed E-state index contributed by atoms with van der Waals surface area (Å²) < 4.78 is 13.3. The third-order valence-electron chi connectivity index (χ3n) is 4.76. The minimum absolute atomic E-state index is 0.0106. The Balaban J connectivity index is 1.62. The molecule has 0 bridgehead atoms. The molecule has 2 fully saturated rings. The highest BCUT2D eigenvalue weighted by molar-refractivity contribution is 5.90. The van der Waals surface area contributed by atoms with Crippen LogP contribution in [0.4, 0.5) is 0 Å². The van der Waals surface area contributed by atoms with Crippen molar-refractivity contribution in [1.29, 1.82) is 0 Å². The maximum Gasteiger partial charge on any atom is 0.289 e. The van der Waals surface area contributed by atoms with E-state index in [0.717, 1.165) is 45.4 Å². The molecule has 2 aliphatic heterocycles. The number of rotatable bonds is 2. The van der Waals surface area contributed by atoms with Crippen molar-refractivity contribution in [3.63, 3.8) is 0 Å². The molecule has 1 atom stereocenters. The molecule has 1 unspecified atom stereocenters. The highest BCUT2D eigenvalue weighted by atomic mass is 16.5. The molecule has 0 N–H and O–H groups in total. The molecular formula is C15H23N3O3. The van der Waals surface area contributed by atoms with E-state index in [1.165, 1.54) is 0 Å². The fourth-order valence-electron chi connectivity index (χ4n) is 3.36. The molecule has 1 aromatic heterocycles. The number of aromatic nitrogens is 2. The summed E-state index contributed by atoms with van der Waals surface area (Å²) in [6.07, 6.45) is 7.40. The van der Waals surface area contributed by atoms with Gasteiger partial charge in [-0.15, -0.1) is 0 Å². The van der Waals surface area contributed by atoms with Gasteiger partial charge in [0.05, 0.1) is 11.7 Å². The summed E-state index contributed by atoms with van der Waals surface area (Å²) in [5.74, 6) is 0.515. The summed E-state index contributed by atoms with van der Waals surface area (Å²) in [6.45, 7) is 2.20. The monoisotopic (exact) mass is 293 g/mol. The van der Waals surface area contributed by atoms with Crippen molar-refractivity contribution in [2.75, 3.05) is 26.8 Å². The van der Waals surface area contributed by atoms with Crippen molar-refractivity contribution in [2.24, 2.45) is 7.05 Å². The molecule has 3 rings (SSSR count). The number of likely N-dealkylation sites (tertiary alicyclic amines) is 1. The fraction of sp³-hybridized carbons (Fsp3) is 0.733. The van der Waals surface area contributed by atoms with Crippen LogP contribution >= 0.6 is 0 Å². The van der Waals surface area contributed by atoms with Gasteiger partial charge >= 0.3 is 0 Å². The third kappa shape index (κ3) is 2.82. The van der Waals surface area contributed by atoms with Gasteiger partial charge in [0.1, 0.15) is 0 Å². The van der Waals surface area contributed by atoms with Gasteiger partial charge in [0.25, 0.3) is 5.91 Å². The Labute approximate surface area is 125 Å². The molecule has 3 heterocycles. The maximum atomic E-state index is 12.5. The van der Waals surface area contributed by atoms with Gasteiger partial charge in [-0.25, -0.2) is 4.98 Å². The molecule has 1 amide bonds. The lowest BCUT2D eigenvalue weighted by Crippen LogP contribution is -2.52. The minimum Gasteiger partial charge on any atom is -0.381 e. The van der Waals surface area contributed by atoms with E-state index in [0.29, 0.717) is 5.82 Å². The molecule has 6 nitrogen and oxygen atoms in total. The zero-order chi connectivity index (χ0) is 14.9. The van der Waals surface area contributed by atoms with E-state index in [1.54, 1.807) is 24.1 Å². The number of amides is 1. The van der Waals surface area contributed by atoms with Crippen LogP contribution < -0.4 is 0 Å². The van der Waals surface area contributed by atoms with Crippen molar-refractivity contribution in [3.05, 3.63) is 18.2 Å². The predicted octanol–water partition coefficient (Wildman–Crippen LogP) is 1.22. The van der Waals surface area contributed by atoms with E-state index < -0.39 is 0 Å². The van der Waals surface area contributed by atoms with Gasteiger partial charge in [-0.3, -0.25) is 4.79 Å². The number of aryl methyl sites for hydroxylation is 1. The van der Waals surface area contributed by atoms with Gasteiger partial charge in [-0.05, 0) is 19.3 Å². The van der Waals surface area contributed by atoms with Gasteiger partial charge in [0, 0.05) is 52.7 Å². The topological polar surface area (TPSA) is 56.6 Å². The molecule has 116 valence electrons. The molecule has 1 aromatic rings. The molecule has 2 saturated heterocycles. The number of carbonyl (C=O) groups is 1.